The minimum absolute atomic E-state index is 0.833. The molecule has 0 fully saturated rings. The smallest absolute Gasteiger partial charge is 0.0281 e. The van der Waals surface area contributed by atoms with E-state index < -0.39 is 0 Å². The van der Waals surface area contributed by atoms with Gasteiger partial charge in [-0.25, -0.2) is 0 Å². The van der Waals surface area contributed by atoms with Crippen molar-refractivity contribution in [3.05, 3.63) is 70.8 Å². The van der Waals surface area contributed by atoms with Gasteiger partial charge in [-0.15, -0.1) is 0 Å². The van der Waals surface area contributed by atoms with E-state index in [1.54, 1.807) is 0 Å². The Morgan fingerprint density at radius 3 is 1.45 bits per heavy atom. The maximum atomic E-state index is 3.27. The van der Waals surface area contributed by atoms with Crippen molar-refractivity contribution in [2.75, 3.05) is 0 Å². The molecule has 0 aliphatic heterocycles. The average molecular weight is 262 g/mol. The summed E-state index contributed by atoms with van der Waals surface area (Å²) >= 11 is 0. The molecule has 0 amide bonds. The van der Waals surface area contributed by atoms with Gasteiger partial charge in [0.2, 0.25) is 0 Å². The molecule has 2 aromatic rings. The molecule has 0 N–H and O–H groups in total. The van der Waals surface area contributed by atoms with E-state index in [-0.39, 0.29) is 0 Å². The van der Waals surface area contributed by atoms with Crippen LogP contribution in [-0.4, -0.2) is 0 Å². The van der Waals surface area contributed by atoms with E-state index in [2.05, 4.69) is 81.1 Å². The number of aryl methyl sites for hydroxylation is 2. The highest BCUT2D eigenvalue weighted by Gasteiger charge is 2.05. The topological polar surface area (TPSA) is 0 Å². The van der Waals surface area contributed by atoms with E-state index in [0.717, 1.165) is 18.8 Å². The lowest BCUT2D eigenvalue weighted by atomic mass is 9.95. The van der Waals surface area contributed by atoms with Crippen molar-refractivity contribution < 1.29 is 0 Å². The Kier molecular flexibility index (Phi) is 5.02. The molecule has 3 rings (SSSR count). The number of benzene rings is 2. The van der Waals surface area contributed by atoms with Crippen molar-refractivity contribution in [1.29, 1.82) is 0 Å². The maximum Gasteiger partial charge on any atom is 0.0281 e. The van der Waals surface area contributed by atoms with Crippen LogP contribution < -0.4 is 0 Å². The Balaban J connectivity index is 0.000000328. The maximum absolute atomic E-state index is 3.27. The quantitative estimate of drug-likeness (QED) is 0.595. The predicted molar refractivity (Wildman–Crippen MR) is 86.8 cm³/mol. The Hall–Kier alpha value is -2.00. The van der Waals surface area contributed by atoms with E-state index in [1.165, 1.54) is 22.3 Å². The normalized spacial score (nSPS) is 11.8. The fourth-order valence-electron chi connectivity index (χ4n) is 2.12. The van der Waals surface area contributed by atoms with Gasteiger partial charge in [0.1, 0.15) is 0 Å². The van der Waals surface area contributed by atoms with E-state index in [9.17, 15) is 0 Å². The number of hydrogen-bond acceptors (Lipinski definition) is 0. The van der Waals surface area contributed by atoms with E-state index in [4.69, 9.17) is 0 Å². The van der Waals surface area contributed by atoms with Gasteiger partial charge in [0.25, 0.3) is 0 Å². The first-order valence-corrected chi connectivity index (χ1v) is 7.34. The summed E-state index contributed by atoms with van der Waals surface area (Å²) in [6, 6.07) is 16.9. The zero-order valence-corrected chi connectivity index (χ0v) is 12.6. The third-order valence-electron chi connectivity index (χ3n) is 3.03. The fraction of sp³-hybridized carbons (Fsp3) is 0.300. The summed E-state index contributed by atoms with van der Waals surface area (Å²) < 4.78 is 0. The average Bonchev–Trinajstić information content (AvgIpc) is 2.41. The molecule has 0 saturated heterocycles. The summed E-state index contributed by atoms with van der Waals surface area (Å²) in [6.45, 7) is 6.50. The van der Waals surface area contributed by atoms with Crippen LogP contribution in [-0.2, 0) is 12.8 Å². The molecule has 0 radical (unpaired) electrons. The van der Waals surface area contributed by atoms with Crippen molar-refractivity contribution in [3.63, 3.8) is 0 Å². The molecule has 2 aromatic carbocycles. The van der Waals surface area contributed by atoms with E-state index >= 15 is 0 Å². The minimum atomic E-state index is 0.833. The van der Waals surface area contributed by atoms with Gasteiger partial charge < -0.3 is 0 Å². The molecule has 102 valence electrons. The highest BCUT2D eigenvalue weighted by molar-refractivity contribution is 5.51. The van der Waals surface area contributed by atoms with Gasteiger partial charge in [-0.3, -0.25) is 0 Å². The van der Waals surface area contributed by atoms with Gasteiger partial charge in [-0.2, -0.15) is 0 Å². The van der Waals surface area contributed by atoms with Crippen LogP contribution >= 0.6 is 0 Å². The fourth-order valence-corrected chi connectivity index (χ4v) is 2.12. The number of rotatable bonds is 0. The molecule has 0 heterocycles. The van der Waals surface area contributed by atoms with Crippen LogP contribution in [0.5, 0.6) is 0 Å². The second kappa shape index (κ2) is 6.96. The van der Waals surface area contributed by atoms with Crippen molar-refractivity contribution in [3.8, 4) is 11.8 Å². The lowest BCUT2D eigenvalue weighted by Gasteiger charge is -2.09. The summed E-state index contributed by atoms with van der Waals surface area (Å²) in [7, 11) is 0. The molecule has 1 aliphatic rings. The van der Waals surface area contributed by atoms with Gasteiger partial charge in [0, 0.05) is 11.1 Å². The first kappa shape index (κ1) is 14.4. The van der Waals surface area contributed by atoms with Crippen LogP contribution in [0.15, 0.2) is 48.5 Å². The summed E-state index contributed by atoms with van der Waals surface area (Å²) in [5, 5.41) is 0. The summed E-state index contributed by atoms with van der Waals surface area (Å²) in [4.78, 5) is 0. The predicted octanol–water partition coefficient (Wildman–Crippen LogP) is 4.85. The number of fused-ring (bicyclic) bond motifs is 2. The SMILES string of the molecule is C1#Cc2ccccc2CCc2ccccc21.CC(C)C. The Labute approximate surface area is 122 Å². The first-order valence-electron chi connectivity index (χ1n) is 7.34. The van der Waals surface area contributed by atoms with Crippen LogP contribution in [0.2, 0.25) is 0 Å². The summed E-state index contributed by atoms with van der Waals surface area (Å²) in [6.07, 6.45) is 2.17. The Morgan fingerprint density at radius 2 is 1.05 bits per heavy atom. The second-order valence-corrected chi connectivity index (χ2v) is 5.80. The highest BCUT2D eigenvalue weighted by atomic mass is 14.1. The van der Waals surface area contributed by atoms with Crippen molar-refractivity contribution >= 4 is 0 Å². The monoisotopic (exact) mass is 262 g/mol. The lowest BCUT2D eigenvalue weighted by Crippen LogP contribution is -1.99. The molecule has 0 unspecified atom stereocenters. The van der Waals surface area contributed by atoms with E-state index in [0.29, 0.717) is 0 Å². The molecule has 0 heteroatoms. The number of hydrogen-bond donors (Lipinski definition) is 0. The largest absolute Gasteiger partial charge is 0.0630 e. The zero-order chi connectivity index (χ0) is 14.4. The minimum Gasteiger partial charge on any atom is -0.0630 e. The van der Waals surface area contributed by atoms with Crippen LogP contribution in [0.1, 0.15) is 43.0 Å². The molecule has 0 atom stereocenters. The molecule has 0 nitrogen and oxygen atoms in total. The molecule has 0 spiro atoms. The first-order chi connectivity index (χ1) is 9.66. The molecule has 0 bridgehead atoms. The third kappa shape index (κ3) is 4.00. The lowest BCUT2D eigenvalue weighted by molar-refractivity contribution is 0.737. The molecule has 0 saturated carbocycles. The molecule has 20 heavy (non-hydrogen) atoms. The van der Waals surface area contributed by atoms with Gasteiger partial charge >= 0.3 is 0 Å². The van der Waals surface area contributed by atoms with Crippen molar-refractivity contribution in [2.24, 2.45) is 5.92 Å². The van der Waals surface area contributed by atoms with Gasteiger partial charge in [0.15, 0.2) is 0 Å². The van der Waals surface area contributed by atoms with Crippen LogP contribution in [0.3, 0.4) is 0 Å². The summed E-state index contributed by atoms with van der Waals surface area (Å²) in [5.74, 6) is 7.38. The second-order valence-electron chi connectivity index (χ2n) is 5.80. The molecule has 1 aliphatic carbocycles. The zero-order valence-electron chi connectivity index (χ0n) is 12.6. The standard InChI is InChI=1S/C16H12.C4H10/c1-2-6-14-11-12-16-8-4-3-7-15(16)10-9-13(14)5-1;1-4(2)3/h1-8H,9-10H2;4H,1-3H3. The highest BCUT2D eigenvalue weighted by Crippen LogP contribution is 2.17. The molecular formula is C20H22. The molecule has 0 aromatic heterocycles. The molecular weight excluding hydrogens is 240 g/mol. The third-order valence-corrected chi connectivity index (χ3v) is 3.03. The van der Waals surface area contributed by atoms with Crippen LogP contribution in [0.4, 0.5) is 0 Å². The van der Waals surface area contributed by atoms with Crippen LogP contribution in [0.25, 0.3) is 0 Å². The van der Waals surface area contributed by atoms with Crippen molar-refractivity contribution in [2.45, 2.75) is 33.6 Å². The van der Waals surface area contributed by atoms with Gasteiger partial charge in [-0.05, 0) is 42.0 Å². The Morgan fingerprint density at radius 1 is 0.700 bits per heavy atom. The van der Waals surface area contributed by atoms with Crippen molar-refractivity contribution in [1.82, 2.24) is 0 Å². The van der Waals surface area contributed by atoms with E-state index in [1.807, 2.05) is 0 Å². The van der Waals surface area contributed by atoms with Gasteiger partial charge in [-0.1, -0.05) is 69.0 Å². The Bertz CT molecular complexity index is 569. The summed E-state index contributed by atoms with van der Waals surface area (Å²) in [5.41, 5.74) is 5.09. The van der Waals surface area contributed by atoms with Gasteiger partial charge in [0.05, 0.1) is 0 Å². The van der Waals surface area contributed by atoms with Crippen LogP contribution in [0, 0.1) is 17.8 Å².